The summed E-state index contributed by atoms with van der Waals surface area (Å²) in [5.74, 6) is 1.78. The number of phenols is 1. The SMILES string of the molecule is Cc1cc(O)c(C2CCCCC2)cc1CC(C)C. The smallest absolute Gasteiger partial charge is 0.119 e. The minimum atomic E-state index is 0.520. The van der Waals surface area contributed by atoms with Gasteiger partial charge in [-0.1, -0.05) is 39.2 Å². The predicted octanol–water partition coefficient (Wildman–Crippen LogP) is 4.95. The summed E-state index contributed by atoms with van der Waals surface area (Å²) in [5, 5.41) is 10.2. The van der Waals surface area contributed by atoms with E-state index in [1.165, 1.54) is 48.8 Å². The lowest BCUT2D eigenvalue weighted by molar-refractivity contribution is 0.413. The maximum atomic E-state index is 10.2. The van der Waals surface area contributed by atoms with Gasteiger partial charge in [-0.25, -0.2) is 0 Å². The van der Waals surface area contributed by atoms with Gasteiger partial charge in [0, 0.05) is 0 Å². The van der Waals surface area contributed by atoms with Crippen molar-refractivity contribution in [2.24, 2.45) is 5.92 Å². The number of hydrogen-bond acceptors (Lipinski definition) is 1. The second-order valence-electron chi connectivity index (χ2n) is 6.27. The van der Waals surface area contributed by atoms with Crippen LogP contribution >= 0.6 is 0 Å². The van der Waals surface area contributed by atoms with E-state index in [0.717, 1.165) is 6.42 Å². The van der Waals surface area contributed by atoms with Crippen molar-refractivity contribution in [3.8, 4) is 5.75 Å². The molecule has 1 aliphatic carbocycles. The highest BCUT2D eigenvalue weighted by Crippen LogP contribution is 2.38. The van der Waals surface area contributed by atoms with E-state index in [2.05, 4.69) is 26.8 Å². The quantitative estimate of drug-likeness (QED) is 0.800. The number of aryl methyl sites for hydroxylation is 1. The van der Waals surface area contributed by atoms with E-state index in [1.54, 1.807) is 0 Å². The molecule has 0 atom stereocenters. The van der Waals surface area contributed by atoms with Crippen molar-refractivity contribution >= 4 is 0 Å². The summed E-state index contributed by atoms with van der Waals surface area (Å²) >= 11 is 0. The Morgan fingerprint density at radius 1 is 1.17 bits per heavy atom. The molecule has 1 fully saturated rings. The molecule has 0 bridgehead atoms. The molecule has 18 heavy (non-hydrogen) atoms. The Morgan fingerprint density at radius 3 is 2.44 bits per heavy atom. The first kappa shape index (κ1) is 13.5. The van der Waals surface area contributed by atoms with Crippen LogP contribution in [0, 0.1) is 12.8 Å². The molecule has 2 rings (SSSR count). The van der Waals surface area contributed by atoms with E-state index in [0.29, 0.717) is 17.6 Å². The van der Waals surface area contributed by atoms with Gasteiger partial charge in [0.05, 0.1) is 0 Å². The van der Waals surface area contributed by atoms with E-state index in [1.807, 2.05) is 6.07 Å². The Hall–Kier alpha value is -0.980. The summed E-state index contributed by atoms with van der Waals surface area (Å²) in [4.78, 5) is 0. The highest BCUT2D eigenvalue weighted by Gasteiger charge is 2.19. The first-order valence-electron chi connectivity index (χ1n) is 7.40. The van der Waals surface area contributed by atoms with Crippen molar-refractivity contribution in [2.75, 3.05) is 0 Å². The third-order valence-corrected chi connectivity index (χ3v) is 4.16. The second kappa shape index (κ2) is 5.77. The zero-order chi connectivity index (χ0) is 13.1. The van der Waals surface area contributed by atoms with E-state index >= 15 is 0 Å². The molecule has 0 unspecified atom stereocenters. The van der Waals surface area contributed by atoms with Crippen LogP contribution in [0.1, 0.15) is 68.6 Å². The fourth-order valence-electron chi connectivity index (χ4n) is 3.16. The molecule has 0 spiro atoms. The molecule has 0 aliphatic heterocycles. The van der Waals surface area contributed by atoms with Gasteiger partial charge >= 0.3 is 0 Å². The lowest BCUT2D eigenvalue weighted by Gasteiger charge is -2.24. The molecular weight excluding hydrogens is 220 g/mol. The molecule has 1 aromatic carbocycles. The fourth-order valence-corrected chi connectivity index (χ4v) is 3.16. The van der Waals surface area contributed by atoms with Crippen molar-refractivity contribution in [1.29, 1.82) is 0 Å². The minimum absolute atomic E-state index is 0.520. The molecule has 1 aliphatic rings. The third kappa shape index (κ3) is 3.07. The largest absolute Gasteiger partial charge is 0.508 e. The number of hydrogen-bond donors (Lipinski definition) is 1. The topological polar surface area (TPSA) is 20.2 Å². The monoisotopic (exact) mass is 246 g/mol. The van der Waals surface area contributed by atoms with Crippen LogP contribution in [0.15, 0.2) is 12.1 Å². The Balaban J connectivity index is 2.28. The Bertz CT molecular complexity index is 400. The normalized spacial score (nSPS) is 17.3. The van der Waals surface area contributed by atoms with Crippen LogP contribution in [0.25, 0.3) is 0 Å². The van der Waals surface area contributed by atoms with Crippen molar-refractivity contribution in [1.82, 2.24) is 0 Å². The van der Waals surface area contributed by atoms with Gasteiger partial charge in [0.25, 0.3) is 0 Å². The predicted molar refractivity (Wildman–Crippen MR) is 77.2 cm³/mol. The molecule has 0 amide bonds. The molecule has 1 saturated carbocycles. The van der Waals surface area contributed by atoms with Crippen LogP contribution < -0.4 is 0 Å². The van der Waals surface area contributed by atoms with E-state index in [-0.39, 0.29) is 0 Å². The maximum absolute atomic E-state index is 10.2. The molecule has 1 nitrogen and oxygen atoms in total. The summed E-state index contributed by atoms with van der Waals surface area (Å²) < 4.78 is 0. The van der Waals surface area contributed by atoms with Crippen LogP contribution in [0.2, 0.25) is 0 Å². The van der Waals surface area contributed by atoms with Crippen LogP contribution in [-0.2, 0) is 6.42 Å². The van der Waals surface area contributed by atoms with Gasteiger partial charge in [-0.05, 0) is 60.8 Å². The number of aromatic hydroxyl groups is 1. The molecule has 1 N–H and O–H groups in total. The van der Waals surface area contributed by atoms with E-state index in [9.17, 15) is 5.11 Å². The first-order chi connectivity index (χ1) is 8.58. The van der Waals surface area contributed by atoms with Crippen molar-refractivity contribution < 1.29 is 5.11 Å². The van der Waals surface area contributed by atoms with Crippen molar-refractivity contribution in [2.45, 2.75) is 65.2 Å². The van der Waals surface area contributed by atoms with Gasteiger partial charge in [-0.2, -0.15) is 0 Å². The summed E-state index contributed by atoms with van der Waals surface area (Å²) in [5.41, 5.74) is 3.86. The van der Waals surface area contributed by atoms with E-state index < -0.39 is 0 Å². The molecule has 1 heteroatoms. The van der Waals surface area contributed by atoms with E-state index in [4.69, 9.17) is 0 Å². The summed E-state index contributed by atoms with van der Waals surface area (Å²) in [6.07, 6.45) is 7.61. The second-order valence-corrected chi connectivity index (χ2v) is 6.27. The molecule has 1 aromatic rings. The van der Waals surface area contributed by atoms with Crippen molar-refractivity contribution in [3.05, 3.63) is 28.8 Å². The van der Waals surface area contributed by atoms with Gasteiger partial charge in [-0.15, -0.1) is 0 Å². The number of phenolic OH excluding ortho intramolecular Hbond substituents is 1. The molecular formula is C17H26O. The average Bonchev–Trinajstić information content (AvgIpc) is 2.33. The molecule has 0 saturated heterocycles. The van der Waals surface area contributed by atoms with Crippen molar-refractivity contribution in [3.63, 3.8) is 0 Å². The molecule has 0 heterocycles. The van der Waals surface area contributed by atoms with Gasteiger partial charge in [0.15, 0.2) is 0 Å². The van der Waals surface area contributed by atoms with Crippen LogP contribution in [0.3, 0.4) is 0 Å². The molecule has 0 radical (unpaired) electrons. The number of rotatable bonds is 3. The van der Waals surface area contributed by atoms with Gasteiger partial charge in [0.2, 0.25) is 0 Å². The summed E-state index contributed by atoms with van der Waals surface area (Å²) in [6, 6.07) is 4.25. The number of benzene rings is 1. The summed E-state index contributed by atoms with van der Waals surface area (Å²) in [7, 11) is 0. The van der Waals surface area contributed by atoms with Crippen LogP contribution in [-0.4, -0.2) is 5.11 Å². The van der Waals surface area contributed by atoms with Gasteiger partial charge in [0.1, 0.15) is 5.75 Å². The van der Waals surface area contributed by atoms with Gasteiger partial charge in [-0.3, -0.25) is 0 Å². The lowest BCUT2D eigenvalue weighted by Crippen LogP contribution is -2.07. The molecule has 100 valence electrons. The van der Waals surface area contributed by atoms with Crippen LogP contribution in [0.5, 0.6) is 5.75 Å². The zero-order valence-corrected chi connectivity index (χ0v) is 12.0. The maximum Gasteiger partial charge on any atom is 0.119 e. The first-order valence-corrected chi connectivity index (χ1v) is 7.40. The summed E-state index contributed by atoms with van der Waals surface area (Å²) in [6.45, 7) is 6.63. The standard InChI is InChI=1S/C17H26O/c1-12(2)9-15-11-16(17(18)10-13(15)3)14-7-5-4-6-8-14/h10-12,14,18H,4-9H2,1-3H3. The highest BCUT2D eigenvalue weighted by atomic mass is 16.3. The Morgan fingerprint density at radius 2 is 1.83 bits per heavy atom. The fraction of sp³-hybridized carbons (Fsp3) is 0.647. The minimum Gasteiger partial charge on any atom is -0.508 e. The van der Waals surface area contributed by atoms with Gasteiger partial charge < -0.3 is 5.11 Å². The molecule has 0 aromatic heterocycles. The Labute approximate surface area is 111 Å². The highest BCUT2D eigenvalue weighted by molar-refractivity contribution is 5.43. The third-order valence-electron chi connectivity index (χ3n) is 4.16. The average molecular weight is 246 g/mol. The lowest BCUT2D eigenvalue weighted by atomic mass is 9.82. The van der Waals surface area contributed by atoms with Crippen LogP contribution in [0.4, 0.5) is 0 Å². The Kier molecular flexibility index (Phi) is 4.31. The zero-order valence-electron chi connectivity index (χ0n) is 12.0.